The van der Waals surface area contributed by atoms with E-state index in [0.717, 1.165) is 23.9 Å². The zero-order chi connectivity index (χ0) is 15.4. The van der Waals surface area contributed by atoms with Crippen molar-refractivity contribution in [2.75, 3.05) is 13.2 Å². The van der Waals surface area contributed by atoms with Crippen LogP contribution in [0, 0.1) is 0 Å². The maximum Gasteiger partial charge on any atom is 0.255 e. The summed E-state index contributed by atoms with van der Waals surface area (Å²) in [5.74, 6) is -0.00213. The first-order chi connectivity index (χ1) is 10.7. The summed E-state index contributed by atoms with van der Waals surface area (Å²) >= 11 is 5.04. The lowest BCUT2D eigenvalue weighted by Gasteiger charge is -2.25. The van der Waals surface area contributed by atoms with Crippen LogP contribution in [0.3, 0.4) is 0 Å². The number of carbonyl (C=O) groups excluding carboxylic acids is 1. The van der Waals surface area contributed by atoms with Crippen molar-refractivity contribution in [3.8, 4) is 0 Å². The van der Waals surface area contributed by atoms with E-state index in [2.05, 4.69) is 27.0 Å². The van der Waals surface area contributed by atoms with Gasteiger partial charge in [0, 0.05) is 34.9 Å². The van der Waals surface area contributed by atoms with Crippen molar-refractivity contribution in [3.05, 3.63) is 50.9 Å². The smallest absolute Gasteiger partial charge is 0.255 e. The molecule has 0 aromatic carbocycles. The second-order valence-electron chi connectivity index (χ2n) is 5.29. The fourth-order valence-electron chi connectivity index (χ4n) is 2.56. The number of pyridine rings is 1. The first kappa shape index (κ1) is 15.6. The van der Waals surface area contributed by atoms with Gasteiger partial charge in [-0.25, -0.2) is 0 Å². The van der Waals surface area contributed by atoms with Crippen molar-refractivity contribution in [2.24, 2.45) is 0 Å². The zero-order valence-electron chi connectivity index (χ0n) is 12.1. The number of rotatable bonds is 5. The van der Waals surface area contributed by atoms with Gasteiger partial charge in [-0.05, 0) is 46.3 Å². The number of amides is 1. The van der Waals surface area contributed by atoms with Gasteiger partial charge in [-0.2, -0.15) is 0 Å². The summed E-state index contributed by atoms with van der Waals surface area (Å²) < 4.78 is 6.51. The van der Waals surface area contributed by atoms with Gasteiger partial charge in [-0.15, -0.1) is 11.3 Å². The average molecular weight is 381 g/mol. The number of nitrogens with zero attached hydrogens (tertiary/aromatic N) is 2. The molecule has 2 aromatic heterocycles. The molecule has 1 aliphatic rings. The van der Waals surface area contributed by atoms with Crippen molar-refractivity contribution in [3.63, 3.8) is 0 Å². The summed E-state index contributed by atoms with van der Waals surface area (Å²) in [7, 11) is 0. The molecule has 0 radical (unpaired) electrons. The Morgan fingerprint density at radius 3 is 3.09 bits per heavy atom. The molecule has 4 nitrogen and oxygen atoms in total. The molecule has 1 saturated heterocycles. The molecule has 1 unspecified atom stereocenters. The third-order valence-electron chi connectivity index (χ3n) is 3.61. The Kier molecular flexibility index (Phi) is 5.23. The Labute approximate surface area is 142 Å². The van der Waals surface area contributed by atoms with Gasteiger partial charge in [-0.3, -0.25) is 9.78 Å². The molecule has 0 saturated carbocycles. The molecule has 1 atom stereocenters. The molecule has 0 spiro atoms. The minimum Gasteiger partial charge on any atom is -0.376 e. The number of thiophene rings is 1. The summed E-state index contributed by atoms with van der Waals surface area (Å²) in [5.41, 5.74) is 0.601. The van der Waals surface area contributed by atoms with E-state index >= 15 is 0 Å². The molecule has 1 amide bonds. The zero-order valence-corrected chi connectivity index (χ0v) is 14.5. The third kappa shape index (κ3) is 3.94. The highest BCUT2D eigenvalue weighted by Crippen LogP contribution is 2.20. The van der Waals surface area contributed by atoms with Gasteiger partial charge in [0.15, 0.2) is 0 Å². The summed E-state index contributed by atoms with van der Waals surface area (Å²) in [4.78, 5) is 20.0. The topological polar surface area (TPSA) is 42.4 Å². The second-order valence-corrected chi connectivity index (χ2v) is 7.24. The first-order valence-corrected chi connectivity index (χ1v) is 8.93. The first-order valence-electron chi connectivity index (χ1n) is 7.26. The number of hydrogen-bond acceptors (Lipinski definition) is 4. The van der Waals surface area contributed by atoms with Gasteiger partial charge >= 0.3 is 0 Å². The number of aromatic nitrogens is 1. The number of hydrogen-bond donors (Lipinski definition) is 0. The maximum absolute atomic E-state index is 12.8. The minimum absolute atomic E-state index is 0.00213. The molecule has 22 heavy (non-hydrogen) atoms. The Bertz CT molecular complexity index is 627. The molecular weight excluding hydrogens is 364 g/mol. The molecule has 1 fully saturated rings. The highest BCUT2D eigenvalue weighted by Gasteiger charge is 2.24. The lowest BCUT2D eigenvalue weighted by molar-refractivity contribution is 0.0509. The van der Waals surface area contributed by atoms with Crippen LogP contribution in [-0.4, -0.2) is 35.0 Å². The molecular formula is C16H17BrN2O2S. The van der Waals surface area contributed by atoms with Gasteiger partial charge in [0.05, 0.1) is 18.2 Å². The van der Waals surface area contributed by atoms with Crippen LogP contribution in [0.4, 0.5) is 0 Å². The van der Waals surface area contributed by atoms with Crippen LogP contribution >= 0.6 is 27.3 Å². The standard InChI is InChI=1S/C16H17BrN2O2S/c17-13-7-12(8-18-9-13)16(20)19(10-14-3-1-5-21-14)11-15-4-2-6-22-15/h2,4,6-9,14H,1,3,5,10-11H2. The molecule has 6 heteroatoms. The van der Waals surface area contributed by atoms with Gasteiger partial charge in [0.2, 0.25) is 0 Å². The van der Waals surface area contributed by atoms with Crippen LogP contribution in [0.2, 0.25) is 0 Å². The van der Waals surface area contributed by atoms with Crippen LogP contribution in [0.15, 0.2) is 40.4 Å². The van der Waals surface area contributed by atoms with E-state index in [1.807, 2.05) is 22.4 Å². The van der Waals surface area contributed by atoms with E-state index in [0.29, 0.717) is 18.7 Å². The van der Waals surface area contributed by atoms with E-state index < -0.39 is 0 Å². The highest BCUT2D eigenvalue weighted by molar-refractivity contribution is 9.10. The predicted octanol–water partition coefficient (Wildman–Crippen LogP) is 3.73. The normalized spacial score (nSPS) is 17.6. The lowest BCUT2D eigenvalue weighted by atomic mass is 10.2. The average Bonchev–Trinajstić information content (AvgIpc) is 3.19. The van der Waals surface area contributed by atoms with E-state index in [1.165, 1.54) is 4.88 Å². The largest absolute Gasteiger partial charge is 0.376 e. The molecule has 3 heterocycles. The molecule has 116 valence electrons. The van der Waals surface area contributed by atoms with Gasteiger partial charge < -0.3 is 9.64 Å². The van der Waals surface area contributed by atoms with Gasteiger partial charge in [0.1, 0.15) is 0 Å². The minimum atomic E-state index is -0.00213. The SMILES string of the molecule is O=C(c1cncc(Br)c1)N(Cc1cccs1)CC1CCCO1. The predicted molar refractivity (Wildman–Crippen MR) is 90.0 cm³/mol. The Balaban J connectivity index is 1.78. The van der Waals surface area contributed by atoms with E-state index in [9.17, 15) is 4.79 Å². The van der Waals surface area contributed by atoms with Gasteiger partial charge in [-0.1, -0.05) is 6.07 Å². The molecule has 1 aliphatic heterocycles. The van der Waals surface area contributed by atoms with Crippen LogP contribution in [0.25, 0.3) is 0 Å². The Hall–Kier alpha value is -1.24. The molecule has 0 aliphatic carbocycles. The van der Waals surface area contributed by atoms with Crippen LogP contribution in [0.5, 0.6) is 0 Å². The Morgan fingerprint density at radius 2 is 2.41 bits per heavy atom. The van der Waals surface area contributed by atoms with Gasteiger partial charge in [0.25, 0.3) is 5.91 Å². The monoisotopic (exact) mass is 380 g/mol. The number of halogens is 1. The van der Waals surface area contributed by atoms with E-state index in [-0.39, 0.29) is 12.0 Å². The quantitative estimate of drug-likeness (QED) is 0.793. The second kappa shape index (κ2) is 7.35. The summed E-state index contributed by atoms with van der Waals surface area (Å²) in [6.45, 7) is 2.04. The molecule has 2 aromatic rings. The lowest BCUT2D eigenvalue weighted by Crippen LogP contribution is -2.36. The van der Waals surface area contributed by atoms with E-state index in [1.54, 1.807) is 23.7 Å². The summed E-state index contributed by atoms with van der Waals surface area (Å²) in [5, 5.41) is 2.03. The molecule has 0 bridgehead atoms. The summed E-state index contributed by atoms with van der Waals surface area (Å²) in [6, 6.07) is 5.88. The third-order valence-corrected chi connectivity index (χ3v) is 4.91. The van der Waals surface area contributed by atoms with Crippen molar-refractivity contribution in [1.82, 2.24) is 9.88 Å². The fourth-order valence-corrected chi connectivity index (χ4v) is 3.64. The molecule has 3 rings (SSSR count). The van der Waals surface area contributed by atoms with Crippen LogP contribution in [-0.2, 0) is 11.3 Å². The highest BCUT2D eigenvalue weighted by atomic mass is 79.9. The van der Waals surface area contributed by atoms with Crippen molar-refractivity contribution < 1.29 is 9.53 Å². The van der Waals surface area contributed by atoms with Crippen molar-refractivity contribution >= 4 is 33.2 Å². The maximum atomic E-state index is 12.8. The Morgan fingerprint density at radius 1 is 1.50 bits per heavy atom. The van der Waals surface area contributed by atoms with Crippen molar-refractivity contribution in [1.29, 1.82) is 0 Å². The van der Waals surface area contributed by atoms with Crippen LogP contribution < -0.4 is 0 Å². The van der Waals surface area contributed by atoms with Crippen LogP contribution in [0.1, 0.15) is 28.1 Å². The number of carbonyl (C=O) groups is 1. The fraction of sp³-hybridized carbons (Fsp3) is 0.375. The summed E-state index contributed by atoms with van der Waals surface area (Å²) in [6.07, 6.45) is 5.53. The van der Waals surface area contributed by atoms with Crippen molar-refractivity contribution in [2.45, 2.75) is 25.5 Å². The molecule has 0 N–H and O–H groups in total. The van der Waals surface area contributed by atoms with E-state index in [4.69, 9.17) is 4.74 Å². The number of ether oxygens (including phenoxy) is 1.